The average Bonchev–Trinajstić information content (AvgIpc) is 2.89. The molecule has 144 valence electrons. The molecule has 2 N–H and O–H groups in total. The van der Waals surface area contributed by atoms with Gasteiger partial charge in [-0.15, -0.1) is 11.8 Å². The summed E-state index contributed by atoms with van der Waals surface area (Å²) in [5.41, 5.74) is 0.837. The molecule has 2 aliphatic rings. The number of hydrogen-bond donors (Lipinski definition) is 2. The maximum atomic E-state index is 12.5. The zero-order valence-electron chi connectivity index (χ0n) is 14.9. The number of thioether (sulfide) groups is 2. The van der Waals surface area contributed by atoms with E-state index in [2.05, 4.69) is 5.32 Å². The van der Waals surface area contributed by atoms with Crippen LogP contribution in [0.15, 0.2) is 30.3 Å². The third kappa shape index (κ3) is 3.84. The van der Waals surface area contributed by atoms with Gasteiger partial charge < -0.3 is 15.3 Å². The number of rotatable bonds is 6. The Balaban J connectivity index is 1.69. The highest BCUT2D eigenvalue weighted by atomic mass is 32.2. The van der Waals surface area contributed by atoms with Crippen LogP contribution in [0.3, 0.4) is 0 Å². The van der Waals surface area contributed by atoms with Gasteiger partial charge in [-0.25, -0.2) is 4.79 Å². The zero-order chi connectivity index (χ0) is 19.8. The Hall–Kier alpha value is -2.00. The minimum Gasteiger partial charge on any atom is -0.480 e. The van der Waals surface area contributed by atoms with Crippen molar-refractivity contribution in [1.82, 2.24) is 10.2 Å². The number of amides is 2. The molecule has 2 fully saturated rings. The van der Waals surface area contributed by atoms with Crippen LogP contribution in [0.25, 0.3) is 0 Å². The van der Waals surface area contributed by atoms with Crippen molar-refractivity contribution in [3.8, 4) is 0 Å². The van der Waals surface area contributed by atoms with E-state index in [0.29, 0.717) is 0 Å². The Morgan fingerprint density at radius 1 is 1.30 bits per heavy atom. The molecule has 2 aliphatic heterocycles. The number of nitrogens with one attached hydrogen (secondary N) is 1. The lowest BCUT2D eigenvalue weighted by Gasteiger charge is -2.43. The molecule has 2 amide bonds. The van der Waals surface area contributed by atoms with Crippen molar-refractivity contribution in [3.05, 3.63) is 35.9 Å². The van der Waals surface area contributed by atoms with E-state index >= 15 is 0 Å². The summed E-state index contributed by atoms with van der Waals surface area (Å²) < 4.78 is -0.804. The summed E-state index contributed by atoms with van der Waals surface area (Å²) in [5.74, 6) is -1.48. The first-order chi connectivity index (χ1) is 12.7. The molecule has 3 rings (SSSR count). The lowest BCUT2D eigenvalue weighted by molar-refractivity contribution is -0.161. The Kier molecular flexibility index (Phi) is 5.53. The summed E-state index contributed by atoms with van der Waals surface area (Å²) in [5, 5.41) is 11.8. The van der Waals surface area contributed by atoms with E-state index in [0.717, 1.165) is 17.3 Å². The average molecular weight is 409 g/mol. The Labute approximate surface area is 165 Å². The first-order valence-corrected chi connectivity index (χ1v) is 10.3. The van der Waals surface area contributed by atoms with E-state index in [1.54, 1.807) is 6.92 Å². The maximum Gasteiger partial charge on any atom is 0.327 e. The highest BCUT2D eigenvalue weighted by Crippen LogP contribution is 2.52. The van der Waals surface area contributed by atoms with Crippen molar-refractivity contribution < 1.29 is 24.3 Å². The van der Waals surface area contributed by atoms with E-state index in [1.165, 1.54) is 23.6 Å². The summed E-state index contributed by atoms with van der Waals surface area (Å²) in [6.45, 7) is 3.18. The van der Waals surface area contributed by atoms with Crippen molar-refractivity contribution in [1.29, 1.82) is 0 Å². The van der Waals surface area contributed by atoms with Crippen LogP contribution in [0.4, 0.5) is 0 Å². The van der Waals surface area contributed by atoms with Crippen LogP contribution in [-0.2, 0) is 25.6 Å². The van der Waals surface area contributed by atoms with Gasteiger partial charge in [-0.05, 0) is 12.5 Å². The number of hydrogen-bond acceptors (Lipinski definition) is 6. The number of carbonyl (C=O) groups is 4. The molecule has 1 aromatic carbocycles. The molecule has 0 aromatic heterocycles. The van der Waals surface area contributed by atoms with Gasteiger partial charge in [0.1, 0.15) is 17.5 Å². The molecule has 0 spiro atoms. The number of carbonyl (C=O) groups excluding carboxylic acids is 3. The number of β-lactam (4-membered cyclic amide) rings is 1. The van der Waals surface area contributed by atoms with E-state index in [-0.39, 0.29) is 23.2 Å². The second-order valence-corrected chi connectivity index (χ2v) is 9.60. The van der Waals surface area contributed by atoms with Crippen molar-refractivity contribution in [2.24, 2.45) is 0 Å². The van der Waals surface area contributed by atoms with Gasteiger partial charge >= 0.3 is 5.97 Å². The Morgan fingerprint density at radius 3 is 2.56 bits per heavy atom. The first-order valence-electron chi connectivity index (χ1n) is 8.42. The summed E-state index contributed by atoms with van der Waals surface area (Å²) in [7, 11) is 0. The lowest BCUT2D eigenvalue weighted by atomic mass is 9.95. The monoisotopic (exact) mass is 408 g/mol. The Morgan fingerprint density at radius 2 is 1.96 bits per heavy atom. The predicted molar refractivity (Wildman–Crippen MR) is 103 cm³/mol. The second kappa shape index (κ2) is 7.55. The van der Waals surface area contributed by atoms with Gasteiger partial charge in [0.2, 0.25) is 11.8 Å². The SMILES string of the molecule is CC(=O)SCC1(C)S[C@@H]2C(NC(=O)Cc3ccccc3)C(=O)N2C1C(=O)O. The predicted octanol–water partition coefficient (Wildman–Crippen LogP) is 1.12. The number of carboxylic acids is 1. The van der Waals surface area contributed by atoms with Crippen molar-refractivity contribution in [3.63, 3.8) is 0 Å². The van der Waals surface area contributed by atoms with Crippen LogP contribution < -0.4 is 5.32 Å². The third-order valence-electron chi connectivity index (χ3n) is 4.65. The van der Waals surface area contributed by atoms with Crippen LogP contribution in [0.1, 0.15) is 19.4 Å². The summed E-state index contributed by atoms with van der Waals surface area (Å²) in [6.07, 6.45) is 0.155. The Bertz CT molecular complexity index is 787. The molecule has 0 radical (unpaired) electrons. The van der Waals surface area contributed by atoms with Crippen LogP contribution in [0.2, 0.25) is 0 Å². The lowest BCUT2D eigenvalue weighted by Crippen LogP contribution is -2.70. The number of nitrogens with zero attached hydrogens (tertiary/aromatic N) is 1. The zero-order valence-corrected chi connectivity index (χ0v) is 16.5. The van der Waals surface area contributed by atoms with E-state index in [4.69, 9.17) is 0 Å². The van der Waals surface area contributed by atoms with E-state index in [9.17, 15) is 24.3 Å². The van der Waals surface area contributed by atoms with Crippen molar-refractivity contribution in [2.75, 3.05) is 5.75 Å². The van der Waals surface area contributed by atoms with E-state index in [1.807, 2.05) is 30.3 Å². The standard InChI is InChI=1S/C18H20N2O5S2/c1-10(21)26-9-18(2)14(17(24)25)20-15(23)13(16(20)27-18)19-12(22)8-11-6-4-3-5-7-11/h3-7,13-14,16H,8-9H2,1-2H3,(H,19,22)(H,24,25)/t13?,14?,16-,18?/m1/s1. The highest BCUT2D eigenvalue weighted by molar-refractivity contribution is 8.14. The van der Waals surface area contributed by atoms with Gasteiger partial charge in [0.15, 0.2) is 5.12 Å². The van der Waals surface area contributed by atoms with Crippen LogP contribution in [0.5, 0.6) is 0 Å². The number of benzene rings is 1. The molecule has 0 aliphatic carbocycles. The fraction of sp³-hybridized carbons (Fsp3) is 0.444. The smallest absolute Gasteiger partial charge is 0.327 e. The molecule has 9 heteroatoms. The van der Waals surface area contributed by atoms with Crippen molar-refractivity contribution in [2.45, 2.75) is 42.5 Å². The highest BCUT2D eigenvalue weighted by Gasteiger charge is 2.65. The molecule has 7 nitrogen and oxygen atoms in total. The second-order valence-electron chi connectivity index (χ2n) is 6.80. The molecule has 2 saturated heterocycles. The fourth-order valence-corrected chi connectivity index (χ4v) is 6.05. The fourth-order valence-electron chi connectivity index (χ4n) is 3.40. The molecule has 1 aromatic rings. The molecule has 0 bridgehead atoms. The van der Waals surface area contributed by atoms with Gasteiger partial charge in [-0.1, -0.05) is 42.1 Å². The molecule has 4 atom stereocenters. The largest absolute Gasteiger partial charge is 0.480 e. The molecule has 0 saturated carbocycles. The maximum absolute atomic E-state index is 12.5. The number of carboxylic acid groups (broad SMARTS) is 1. The van der Waals surface area contributed by atoms with Gasteiger partial charge in [-0.2, -0.15) is 0 Å². The molecular weight excluding hydrogens is 388 g/mol. The van der Waals surface area contributed by atoms with Gasteiger partial charge in [0, 0.05) is 12.7 Å². The molecule has 2 heterocycles. The van der Waals surface area contributed by atoms with Crippen molar-refractivity contribution >= 4 is 46.4 Å². The molecular formula is C18H20N2O5S2. The summed E-state index contributed by atoms with van der Waals surface area (Å²) >= 11 is 2.39. The van der Waals surface area contributed by atoms with Gasteiger partial charge in [0.05, 0.1) is 11.2 Å². The van der Waals surface area contributed by atoms with Gasteiger partial charge in [-0.3, -0.25) is 14.4 Å². The van der Waals surface area contributed by atoms with Crippen LogP contribution in [0, 0.1) is 0 Å². The minimum atomic E-state index is -1.10. The first kappa shape index (κ1) is 19.8. The normalized spacial score (nSPS) is 29.0. The van der Waals surface area contributed by atoms with Gasteiger partial charge in [0.25, 0.3) is 0 Å². The molecule has 27 heavy (non-hydrogen) atoms. The van der Waals surface area contributed by atoms with Crippen LogP contribution >= 0.6 is 23.5 Å². The number of fused-ring (bicyclic) bond motifs is 1. The quantitative estimate of drug-likeness (QED) is 0.680. The van der Waals surface area contributed by atoms with E-state index < -0.39 is 34.1 Å². The molecule has 3 unspecified atom stereocenters. The third-order valence-corrected chi connectivity index (χ3v) is 7.63. The minimum absolute atomic E-state index is 0.103. The summed E-state index contributed by atoms with van der Waals surface area (Å²) in [6, 6.07) is 7.43. The topological polar surface area (TPSA) is 104 Å². The number of aliphatic carboxylic acids is 1. The van der Waals surface area contributed by atoms with Crippen LogP contribution in [-0.4, -0.2) is 60.9 Å². The summed E-state index contributed by atoms with van der Waals surface area (Å²) in [4.78, 5) is 49.2.